The lowest BCUT2D eigenvalue weighted by Crippen LogP contribution is -2.45. The predicted molar refractivity (Wildman–Crippen MR) is 90.1 cm³/mol. The zero-order valence-electron chi connectivity index (χ0n) is 14.7. The minimum Gasteiger partial charge on any atom is -0.481 e. The molecule has 1 aromatic carbocycles. The van der Waals surface area contributed by atoms with Crippen LogP contribution in [0.3, 0.4) is 0 Å². The summed E-state index contributed by atoms with van der Waals surface area (Å²) in [6.45, 7) is 1.22. The first-order valence-electron chi connectivity index (χ1n) is 9.04. The number of halogens is 3. The number of hydrogen-bond acceptors (Lipinski definition) is 3. The molecular formula is C19H22F3NO4. The van der Waals surface area contributed by atoms with Crippen LogP contribution in [-0.2, 0) is 20.5 Å². The molecule has 1 aromatic rings. The van der Waals surface area contributed by atoms with E-state index < -0.39 is 17.7 Å². The van der Waals surface area contributed by atoms with E-state index in [9.17, 15) is 22.8 Å². The molecule has 2 fully saturated rings. The lowest BCUT2D eigenvalue weighted by atomic mass is 10.0. The highest BCUT2D eigenvalue weighted by Crippen LogP contribution is 2.49. The number of hydrogen-bond donors (Lipinski definition) is 1. The normalized spacial score (nSPS) is 23.1. The minimum absolute atomic E-state index is 0.0422. The average Bonchev–Trinajstić information content (AvgIpc) is 3.42. The molecule has 2 aliphatic rings. The molecule has 1 amide bonds. The number of aliphatic carboxylic acids is 1. The molecule has 0 bridgehead atoms. The fourth-order valence-electron chi connectivity index (χ4n) is 3.65. The first-order chi connectivity index (χ1) is 12.8. The highest BCUT2D eigenvalue weighted by Gasteiger charge is 2.47. The van der Waals surface area contributed by atoms with Gasteiger partial charge in [0.2, 0.25) is 5.91 Å². The van der Waals surface area contributed by atoms with E-state index in [1.807, 2.05) is 0 Å². The van der Waals surface area contributed by atoms with Gasteiger partial charge in [0.15, 0.2) is 0 Å². The third-order valence-electron chi connectivity index (χ3n) is 5.26. The van der Waals surface area contributed by atoms with Crippen molar-refractivity contribution in [2.45, 2.75) is 43.8 Å². The van der Waals surface area contributed by atoms with Crippen LogP contribution in [0.25, 0.3) is 0 Å². The van der Waals surface area contributed by atoms with Crippen molar-refractivity contribution in [3.05, 3.63) is 35.4 Å². The van der Waals surface area contributed by atoms with Gasteiger partial charge < -0.3 is 14.7 Å². The van der Waals surface area contributed by atoms with E-state index in [1.54, 1.807) is 4.90 Å². The smallest absolute Gasteiger partial charge is 0.416 e. The zero-order chi connectivity index (χ0) is 19.6. The van der Waals surface area contributed by atoms with E-state index in [1.165, 1.54) is 12.1 Å². The molecule has 1 saturated carbocycles. The lowest BCUT2D eigenvalue weighted by molar-refractivity contribution is -0.141. The fourth-order valence-corrected chi connectivity index (χ4v) is 3.65. The maximum absolute atomic E-state index is 12.9. The third kappa shape index (κ3) is 4.80. The molecule has 3 rings (SSSR count). The van der Waals surface area contributed by atoms with Crippen LogP contribution in [0.2, 0.25) is 0 Å². The van der Waals surface area contributed by atoms with Crippen LogP contribution in [0, 0.1) is 5.92 Å². The Balaban J connectivity index is 1.67. The summed E-state index contributed by atoms with van der Waals surface area (Å²) in [4.78, 5) is 25.5. The van der Waals surface area contributed by atoms with Gasteiger partial charge in [-0.15, -0.1) is 0 Å². The third-order valence-corrected chi connectivity index (χ3v) is 5.26. The second-order valence-electron chi connectivity index (χ2n) is 7.09. The van der Waals surface area contributed by atoms with Crippen LogP contribution in [0.5, 0.6) is 0 Å². The summed E-state index contributed by atoms with van der Waals surface area (Å²) < 4.78 is 43.4. The number of ether oxygens (including phenoxy) is 1. The number of carbonyl (C=O) groups excluding carboxylic acids is 1. The molecule has 0 aromatic heterocycles. The van der Waals surface area contributed by atoms with Crippen molar-refractivity contribution in [2.24, 2.45) is 5.92 Å². The van der Waals surface area contributed by atoms with E-state index >= 15 is 0 Å². The van der Waals surface area contributed by atoms with Gasteiger partial charge in [0.05, 0.1) is 12.0 Å². The van der Waals surface area contributed by atoms with E-state index in [4.69, 9.17) is 9.84 Å². The van der Waals surface area contributed by atoms with Crippen molar-refractivity contribution in [1.82, 2.24) is 4.90 Å². The molecule has 27 heavy (non-hydrogen) atoms. The number of rotatable bonds is 6. The SMILES string of the molecule is O=C(O)CCN(C(=O)[C@@H]1C[C@H]1c1ccc(C(F)(F)F)cc1)C1CCOCC1. The first-order valence-corrected chi connectivity index (χ1v) is 9.04. The Morgan fingerprint density at radius 2 is 1.78 bits per heavy atom. The first kappa shape index (κ1) is 19.7. The Labute approximate surface area is 155 Å². The van der Waals surface area contributed by atoms with Gasteiger partial charge in [0.25, 0.3) is 0 Å². The number of carboxylic acid groups (broad SMARTS) is 1. The molecule has 1 aliphatic heterocycles. The van der Waals surface area contributed by atoms with Crippen LogP contribution in [0.4, 0.5) is 13.2 Å². The van der Waals surface area contributed by atoms with Gasteiger partial charge in [-0.25, -0.2) is 0 Å². The second kappa shape index (κ2) is 7.88. The Morgan fingerprint density at radius 3 is 2.33 bits per heavy atom. The molecule has 0 unspecified atom stereocenters. The molecule has 8 heteroatoms. The quantitative estimate of drug-likeness (QED) is 0.816. The maximum Gasteiger partial charge on any atom is 0.416 e. The van der Waals surface area contributed by atoms with E-state index in [0.29, 0.717) is 38.0 Å². The van der Waals surface area contributed by atoms with Gasteiger partial charge in [-0.2, -0.15) is 13.2 Å². The summed E-state index contributed by atoms with van der Waals surface area (Å²) in [7, 11) is 0. The number of alkyl halides is 3. The number of benzene rings is 1. The van der Waals surface area contributed by atoms with Crippen LogP contribution in [0.1, 0.15) is 42.7 Å². The molecular weight excluding hydrogens is 363 g/mol. The molecule has 2 atom stereocenters. The van der Waals surface area contributed by atoms with Crippen molar-refractivity contribution in [3.8, 4) is 0 Å². The molecule has 148 valence electrons. The second-order valence-corrected chi connectivity index (χ2v) is 7.09. The van der Waals surface area contributed by atoms with Gasteiger partial charge in [-0.3, -0.25) is 9.59 Å². The number of amides is 1. The van der Waals surface area contributed by atoms with Crippen molar-refractivity contribution >= 4 is 11.9 Å². The highest BCUT2D eigenvalue weighted by molar-refractivity contribution is 5.83. The van der Waals surface area contributed by atoms with Crippen LogP contribution in [-0.4, -0.2) is 47.7 Å². The van der Waals surface area contributed by atoms with Crippen molar-refractivity contribution in [1.29, 1.82) is 0 Å². The van der Waals surface area contributed by atoms with Crippen LogP contribution < -0.4 is 0 Å². The molecule has 0 spiro atoms. The van der Waals surface area contributed by atoms with Gasteiger partial charge in [-0.1, -0.05) is 12.1 Å². The average molecular weight is 385 g/mol. The van der Waals surface area contributed by atoms with Gasteiger partial charge in [0, 0.05) is 31.7 Å². The van der Waals surface area contributed by atoms with Crippen LogP contribution in [0.15, 0.2) is 24.3 Å². The number of carboxylic acids is 1. The minimum atomic E-state index is -4.38. The summed E-state index contributed by atoms with van der Waals surface area (Å²) in [6.07, 6.45) is -2.59. The van der Waals surface area contributed by atoms with E-state index in [0.717, 1.165) is 12.1 Å². The highest BCUT2D eigenvalue weighted by atomic mass is 19.4. The van der Waals surface area contributed by atoms with Crippen molar-refractivity contribution < 1.29 is 32.6 Å². The topological polar surface area (TPSA) is 66.8 Å². The molecule has 1 aliphatic carbocycles. The van der Waals surface area contributed by atoms with Gasteiger partial charge in [-0.05, 0) is 42.9 Å². The van der Waals surface area contributed by atoms with Crippen molar-refractivity contribution in [3.63, 3.8) is 0 Å². The van der Waals surface area contributed by atoms with Gasteiger partial charge in [0.1, 0.15) is 0 Å². The zero-order valence-corrected chi connectivity index (χ0v) is 14.7. The largest absolute Gasteiger partial charge is 0.481 e. The van der Waals surface area contributed by atoms with E-state index in [-0.39, 0.29) is 36.8 Å². The lowest BCUT2D eigenvalue weighted by Gasteiger charge is -2.34. The maximum atomic E-state index is 12.9. The van der Waals surface area contributed by atoms with E-state index in [2.05, 4.69) is 0 Å². The molecule has 0 radical (unpaired) electrons. The molecule has 1 N–H and O–H groups in total. The van der Waals surface area contributed by atoms with Crippen molar-refractivity contribution in [2.75, 3.05) is 19.8 Å². The molecule has 1 saturated heterocycles. The Hall–Kier alpha value is -2.09. The summed E-state index contributed by atoms with van der Waals surface area (Å²) in [5, 5.41) is 8.96. The Morgan fingerprint density at radius 1 is 1.15 bits per heavy atom. The monoisotopic (exact) mass is 385 g/mol. The number of carbonyl (C=O) groups is 2. The summed E-state index contributed by atoms with van der Waals surface area (Å²) in [6, 6.07) is 4.89. The standard InChI is InChI=1S/C19H22F3NO4/c20-19(21,22)13-3-1-12(2-4-13)15-11-16(15)18(26)23(8-5-17(24)25)14-6-9-27-10-7-14/h1-4,14-16H,5-11H2,(H,24,25)/t15-,16+/m0/s1. The number of nitrogens with zero attached hydrogens (tertiary/aromatic N) is 1. The van der Waals surface area contributed by atoms with Gasteiger partial charge >= 0.3 is 12.1 Å². The summed E-state index contributed by atoms with van der Waals surface area (Å²) in [5.74, 6) is -1.46. The predicted octanol–water partition coefficient (Wildman–Crippen LogP) is 3.29. The summed E-state index contributed by atoms with van der Waals surface area (Å²) >= 11 is 0. The molecule has 5 nitrogen and oxygen atoms in total. The Kier molecular flexibility index (Phi) is 5.74. The van der Waals surface area contributed by atoms with Crippen LogP contribution >= 0.6 is 0 Å². The molecule has 1 heterocycles. The fraction of sp³-hybridized carbons (Fsp3) is 0.579. The summed E-state index contributed by atoms with van der Waals surface area (Å²) in [5.41, 5.74) is 0.00609. The Bertz CT molecular complexity index is 683.